The molecule has 0 bridgehead atoms. The molecule has 0 atom stereocenters. The summed E-state index contributed by atoms with van der Waals surface area (Å²) in [4.78, 5) is -1.82. The standard InChI is InChI=1S/C14H14N2O6S2.Na.H/c15-11-8-10(7-6-9-4-2-1-3-5-9)13(23(17,18)19)12(16)14(11)24(20,21)22;;/h1-8H,15-16H2,(H,17,18,19)(H,20,21,22);;/q;+1;-1. The van der Waals surface area contributed by atoms with E-state index in [1.165, 1.54) is 12.2 Å². The summed E-state index contributed by atoms with van der Waals surface area (Å²) in [5, 5.41) is 0. The third-order valence-corrected chi connectivity index (χ3v) is 5.04. The van der Waals surface area contributed by atoms with Gasteiger partial charge < -0.3 is 12.9 Å². The number of benzene rings is 2. The van der Waals surface area contributed by atoms with E-state index < -0.39 is 41.4 Å². The average molecular weight is 394 g/mol. The van der Waals surface area contributed by atoms with Crippen LogP contribution in [0.2, 0.25) is 0 Å². The number of anilines is 2. The van der Waals surface area contributed by atoms with Crippen LogP contribution < -0.4 is 41.0 Å². The summed E-state index contributed by atoms with van der Waals surface area (Å²) >= 11 is 0. The summed E-state index contributed by atoms with van der Waals surface area (Å²) in [7, 11) is -9.76. The Bertz CT molecular complexity index is 1030. The maximum atomic E-state index is 11.6. The summed E-state index contributed by atoms with van der Waals surface area (Å²) in [6, 6.07) is 9.77. The van der Waals surface area contributed by atoms with E-state index in [0.29, 0.717) is 0 Å². The maximum absolute atomic E-state index is 11.6. The van der Waals surface area contributed by atoms with Crippen molar-refractivity contribution in [2.45, 2.75) is 9.79 Å². The number of nitrogens with two attached hydrogens (primary N) is 2. The van der Waals surface area contributed by atoms with Crippen LogP contribution >= 0.6 is 0 Å². The maximum Gasteiger partial charge on any atom is 1.00 e. The van der Waals surface area contributed by atoms with Crippen LogP contribution in [0.3, 0.4) is 0 Å². The Hall–Kier alpha value is -1.40. The van der Waals surface area contributed by atoms with Crippen molar-refractivity contribution in [1.82, 2.24) is 0 Å². The van der Waals surface area contributed by atoms with E-state index in [1.54, 1.807) is 30.3 Å². The molecule has 6 N–H and O–H groups in total. The van der Waals surface area contributed by atoms with Crippen molar-refractivity contribution >= 4 is 43.8 Å². The fraction of sp³-hybridized carbons (Fsp3) is 0. The summed E-state index contributed by atoms with van der Waals surface area (Å²) in [5.41, 5.74) is 10.4. The van der Waals surface area contributed by atoms with Crippen molar-refractivity contribution in [2.75, 3.05) is 11.5 Å². The molecule has 25 heavy (non-hydrogen) atoms. The van der Waals surface area contributed by atoms with Crippen molar-refractivity contribution in [3.8, 4) is 0 Å². The van der Waals surface area contributed by atoms with Crippen LogP contribution in [0.15, 0.2) is 46.2 Å². The monoisotopic (exact) mass is 394 g/mol. The molecule has 0 spiro atoms. The topological polar surface area (TPSA) is 161 Å². The van der Waals surface area contributed by atoms with Crippen LogP contribution in [-0.2, 0) is 20.2 Å². The van der Waals surface area contributed by atoms with Gasteiger partial charge in [-0.25, -0.2) is 0 Å². The van der Waals surface area contributed by atoms with E-state index in [9.17, 15) is 21.4 Å². The first-order valence-corrected chi connectivity index (χ1v) is 9.30. The van der Waals surface area contributed by atoms with Gasteiger partial charge in [-0.15, -0.1) is 0 Å². The molecule has 2 aromatic rings. The van der Waals surface area contributed by atoms with Crippen molar-refractivity contribution in [2.24, 2.45) is 0 Å². The van der Waals surface area contributed by atoms with Crippen molar-refractivity contribution in [3.05, 3.63) is 47.5 Å². The van der Waals surface area contributed by atoms with E-state index in [4.69, 9.17) is 16.0 Å². The van der Waals surface area contributed by atoms with Gasteiger partial charge in [0.2, 0.25) is 0 Å². The summed E-state index contributed by atoms with van der Waals surface area (Å²) in [5.74, 6) is 0. The molecule has 0 amide bonds. The minimum atomic E-state index is -4.88. The first-order valence-electron chi connectivity index (χ1n) is 6.42. The molecule has 0 aliphatic carbocycles. The van der Waals surface area contributed by atoms with E-state index >= 15 is 0 Å². The molecule has 0 aliphatic rings. The molecule has 0 fully saturated rings. The molecular weight excluding hydrogens is 379 g/mol. The smallest absolute Gasteiger partial charge is 1.00 e. The zero-order valence-electron chi connectivity index (χ0n) is 14.1. The van der Waals surface area contributed by atoms with Gasteiger partial charge in [-0.1, -0.05) is 42.5 Å². The van der Waals surface area contributed by atoms with E-state index in [-0.39, 0.29) is 36.5 Å². The summed E-state index contributed by atoms with van der Waals surface area (Å²) in [6.45, 7) is 0. The van der Waals surface area contributed by atoms with Crippen molar-refractivity contribution in [3.63, 3.8) is 0 Å². The second-order valence-electron chi connectivity index (χ2n) is 4.82. The van der Waals surface area contributed by atoms with Gasteiger partial charge in [0, 0.05) is 0 Å². The molecular formula is C14H15N2NaO6S2. The van der Waals surface area contributed by atoms with Gasteiger partial charge in [0.15, 0.2) is 0 Å². The van der Waals surface area contributed by atoms with Crippen LogP contribution in [0.4, 0.5) is 11.4 Å². The fourth-order valence-corrected chi connectivity index (χ4v) is 3.77. The van der Waals surface area contributed by atoms with E-state index in [0.717, 1.165) is 11.6 Å². The van der Waals surface area contributed by atoms with E-state index in [2.05, 4.69) is 0 Å². The molecule has 0 radical (unpaired) electrons. The van der Waals surface area contributed by atoms with Gasteiger partial charge in [-0.05, 0) is 17.2 Å². The minimum absolute atomic E-state index is 0. The third kappa shape index (κ3) is 5.05. The first-order chi connectivity index (χ1) is 11.0. The Morgan fingerprint density at radius 2 is 1.40 bits per heavy atom. The molecule has 11 heteroatoms. The summed E-state index contributed by atoms with van der Waals surface area (Å²) < 4.78 is 64.4. The second kappa shape index (κ2) is 7.87. The molecule has 0 saturated heterocycles. The molecule has 130 valence electrons. The van der Waals surface area contributed by atoms with E-state index in [1.807, 2.05) is 0 Å². The fourth-order valence-electron chi connectivity index (χ4n) is 2.16. The normalized spacial score (nSPS) is 12.1. The molecule has 0 aliphatic heterocycles. The van der Waals surface area contributed by atoms with Crippen LogP contribution in [0.1, 0.15) is 12.6 Å². The zero-order valence-corrected chi connectivity index (χ0v) is 16.8. The van der Waals surface area contributed by atoms with Gasteiger partial charge in [-0.2, -0.15) is 16.8 Å². The molecule has 8 nitrogen and oxygen atoms in total. The van der Waals surface area contributed by atoms with Crippen molar-refractivity contribution in [1.29, 1.82) is 0 Å². The largest absolute Gasteiger partial charge is 1.00 e. The number of hydrogen-bond donors (Lipinski definition) is 4. The number of hydrogen-bond acceptors (Lipinski definition) is 6. The van der Waals surface area contributed by atoms with Gasteiger partial charge in [-0.3, -0.25) is 9.11 Å². The Morgan fingerprint density at radius 3 is 1.88 bits per heavy atom. The van der Waals surface area contributed by atoms with Crippen LogP contribution in [0.25, 0.3) is 12.2 Å². The van der Waals surface area contributed by atoms with Crippen LogP contribution in [0.5, 0.6) is 0 Å². The number of rotatable bonds is 4. The van der Waals surface area contributed by atoms with Crippen LogP contribution in [-0.4, -0.2) is 25.9 Å². The predicted octanol–water partition coefficient (Wildman–Crippen LogP) is -1.37. The first kappa shape index (κ1) is 21.6. The molecule has 2 rings (SSSR count). The SMILES string of the molecule is Nc1cc(C=Cc2ccccc2)c(S(=O)(=O)O)c(N)c1S(=O)(=O)O.[H-].[Na+]. The quantitative estimate of drug-likeness (QED) is 0.214. The molecule has 0 saturated carbocycles. The minimum Gasteiger partial charge on any atom is -1.00 e. The third-order valence-electron chi connectivity index (χ3n) is 3.10. The molecule has 2 aromatic carbocycles. The molecule has 0 heterocycles. The Kier molecular flexibility index (Phi) is 6.81. The molecule has 0 unspecified atom stereocenters. The molecule has 0 aromatic heterocycles. The Balaban J connectivity index is 0.00000312. The Morgan fingerprint density at radius 1 is 0.880 bits per heavy atom. The predicted molar refractivity (Wildman–Crippen MR) is 91.4 cm³/mol. The van der Waals surface area contributed by atoms with Gasteiger partial charge in [0.05, 0.1) is 11.4 Å². The van der Waals surface area contributed by atoms with Gasteiger partial charge >= 0.3 is 29.6 Å². The average Bonchev–Trinajstić information content (AvgIpc) is 2.42. The second-order valence-corrected chi connectivity index (χ2v) is 7.54. The van der Waals surface area contributed by atoms with Gasteiger partial charge in [0.1, 0.15) is 9.79 Å². The van der Waals surface area contributed by atoms with Gasteiger partial charge in [0.25, 0.3) is 20.2 Å². The van der Waals surface area contributed by atoms with Crippen molar-refractivity contribution < 1.29 is 56.9 Å². The number of nitrogen functional groups attached to an aromatic ring is 2. The van der Waals surface area contributed by atoms with Crippen LogP contribution in [0, 0.1) is 0 Å². The Labute approximate surface area is 168 Å². The zero-order chi connectivity index (χ0) is 18.1. The summed E-state index contributed by atoms with van der Waals surface area (Å²) in [6.07, 6.45) is 2.83.